The molecule has 1 aliphatic heterocycles. The number of thiazole rings is 1. The number of benzene rings is 1. The average molecular weight is 372 g/mol. The molecular formula is C20H29N5S. The third-order valence-corrected chi connectivity index (χ3v) is 5.58. The van der Waals surface area contributed by atoms with Gasteiger partial charge in [-0.25, -0.2) is 9.98 Å². The van der Waals surface area contributed by atoms with Crippen molar-refractivity contribution in [3.8, 4) is 11.3 Å². The zero-order chi connectivity index (χ0) is 18.2. The number of nitrogens with one attached hydrogen (secondary N) is 2. The van der Waals surface area contributed by atoms with Crippen molar-refractivity contribution in [2.45, 2.75) is 39.3 Å². The predicted molar refractivity (Wildman–Crippen MR) is 111 cm³/mol. The van der Waals surface area contributed by atoms with Gasteiger partial charge in [0.15, 0.2) is 5.96 Å². The van der Waals surface area contributed by atoms with Gasteiger partial charge in [-0.2, -0.15) is 0 Å². The summed E-state index contributed by atoms with van der Waals surface area (Å²) in [6, 6.07) is 10.9. The molecular weight excluding hydrogens is 342 g/mol. The zero-order valence-electron chi connectivity index (χ0n) is 15.7. The highest BCUT2D eigenvalue weighted by Crippen LogP contribution is 2.22. The Hall–Kier alpha value is -1.92. The van der Waals surface area contributed by atoms with Crippen LogP contribution in [0.3, 0.4) is 0 Å². The summed E-state index contributed by atoms with van der Waals surface area (Å²) in [5.74, 6) is 0.881. The van der Waals surface area contributed by atoms with E-state index in [1.54, 1.807) is 11.3 Å². The van der Waals surface area contributed by atoms with Crippen LogP contribution in [0.4, 0.5) is 0 Å². The summed E-state index contributed by atoms with van der Waals surface area (Å²) >= 11 is 1.67. The lowest BCUT2D eigenvalue weighted by atomic mass is 10.2. The normalized spacial score (nSPS) is 18.2. The molecule has 0 saturated carbocycles. The fraction of sp³-hybridized carbons (Fsp3) is 0.500. The van der Waals surface area contributed by atoms with Crippen LogP contribution in [0.25, 0.3) is 11.3 Å². The standard InChI is InChI=1S/C20H29N5S/c1-3-21-20(22-13-17-11-8-12-25(17)4-2)23-14-19-24-18(15-26-19)16-9-6-5-7-10-16/h5-7,9-10,15,17H,3-4,8,11-14H2,1-2H3,(H2,21,22,23). The van der Waals surface area contributed by atoms with Crippen molar-refractivity contribution in [3.63, 3.8) is 0 Å². The molecule has 1 saturated heterocycles. The summed E-state index contributed by atoms with van der Waals surface area (Å²) in [5.41, 5.74) is 2.19. The molecule has 2 heterocycles. The molecule has 26 heavy (non-hydrogen) atoms. The lowest BCUT2D eigenvalue weighted by molar-refractivity contribution is 0.267. The molecule has 0 spiro atoms. The number of likely N-dealkylation sites (tertiary alicyclic amines) is 1. The number of hydrogen-bond acceptors (Lipinski definition) is 4. The van der Waals surface area contributed by atoms with Gasteiger partial charge < -0.3 is 10.6 Å². The van der Waals surface area contributed by atoms with E-state index in [2.05, 4.69) is 46.9 Å². The lowest BCUT2D eigenvalue weighted by Gasteiger charge is -2.23. The number of nitrogens with zero attached hydrogens (tertiary/aromatic N) is 3. The molecule has 5 nitrogen and oxygen atoms in total. The Labute approximate surface area is 160 Å². The van der Waals surface area contributed by atoms with Crippen molar-refractivity contribution in [1.82, 2.24) is 20.5 Å². The molecule has 1 unspecified atom stereocenters. The highest BCUT2D eigenvalue weighted by Gasteiger charge is 2.22. The smallest absolute Gasteiger partial charge is 0.191 e. The second kappa shape index (κ2) is 9.69. The van der Waals surface area contributed by atoms with Crippen molar-refractivity contribution < 1.29 is 0 Å². The Kier molecular flexibility index (Phi) is 7.03. The minimum Gasteiger partial charge on any atom is -0.357 e. The van der Waals surface area contributed by atoms with Crippen LogP contribution in [0.2, 0.25) is 0 Å². The van der Waals surface area contributed by atoms with Gasteiger partial charge in [-0.1, -0.05) is 37.3 Å². The first-order valence-electron chi connectivity index (χ1n) is 9.56. The molecule has 1 atom stereocenters. The number of aliphatic imine (C=N–C) groups is 1. The number of aromatic nitrogens is 1. The van der Waals surface area contributed by atoms with Gasteiger partial charge in [-0.15, -0.1) is 11.3 Å². The monoisotopic (exact) mass is 371 g/mol. The molecule has 0 bridgehead atoms. The number of hydrogen-bond donors (Lipinski definition) is 2. The van der Waals surface area contributed by atoms with Crippen molar-refractivity contribution >= 4 is 17.3 Å². The van der Waals surface area contributed by atoms with E-state index < -0.39 is 0 Å². The molecule has 0 radical (unpaired) electrons. The van der Waals surface area contributed by atoms with E-state index in [-0.39, 0.29) is 0 Å². The predicted octanol–water partition coefficient (Wildman–Crippen LogP) is 3.35. The van der Waals surface area contributed by atoms with Crippen LogP contribution in [0, 0.1) is 0 Å². The SMILES string of the molecule is CCNC(=NCc1nc(-c2ccccc2)cs1)NCC1CCCN1CC. The van der Waals surface area contributed by atoms with Gasteiger partial charge in [-0.05, 0) is 32.9 Å². The molecule has 0 aliphatic carbocycles. The highest BCUT2D eigenvalue weighted by molar-refractivity contribution is 7.09. The Morgan fingerprint density at radius 1 is 1.27 bits per heavy atom. The topological polar surface area (TPSA) is 52.6 Å². The van der Waals surface area contributed by atoms with E-state index in [1.165, 1.54) is 19.4 Å². The fourth-order valence-electron chi connectivity index (χ4n) is 3.37. The minimum atomic E-state index is 0.606. The van der Waals surface area contributed by atoms with Crippen LogP contribution in [0.1, 0.15) is 31.7 Å². The summed E-state index contributed by atoms with van der Waals surface area (Å²) in [5, 5.41) is 10.0. The maximum Gasteiger partial charge on any atom is 0.191 e. The first kappa shape index (κ1) is 18.9. The van der Waals surface area contributed by atoms with E-state index in [9.17, 15) is 0 Å². The first-order valence-corrected chi connectivity index (χ1v) is 10.4. The molecule has 1 aliphatic rings. The van der Waals surface area contributed by atoms with Gasteiger partial charge in [0.2, 0.25) is 0 Å². The van der Waals surface area contributed by atoms with Gasteiger partial charge in [-0.3, -0.25) is 4.90 Å². The second-order valence-corrected chi connectivity index (χ2v) is 7.44. The van der Waals surface area contributed by atoms with E-state index in [0.29, 0.717) is 12.6 Å². The van der Waals surface area contributed by atoms with Gasteiger partial charge in [0.25, 0.3) is 0 Å². The van der Waals surface area contributed by atoms with Crippen LogP contribution in [0.15, 0.2) is 40.7 Å². The summed E-state index contributed by atoms with van der Waals surface area (Å²) < 4.78 is 0. The van der Waals surface area contributed by atoms with Crippen LogP contribution in [-0.2, 0) is 6.54 Å². The summed E-state index contributed by atoms with van der Waals surface area (Å²) in [7, 11) is 0. The Bertz CT molecular complexity index is 697. The largest absolute Gasteiger partial charge is 0.357 e. The van der Waals surface area contributed by atoms with Crippen molar-refractivity contribution in [3.05, 3.63) is 40.7 Å². The van der Waals surface area contributed by atoms with Crippen LogP contribution in [0.5, 0.6) is 0 Å². The lowest BCUT2D eigenvalue weighted by Crippen LogP contribution is -2.44. The van der Waals surface area contributed by atoms with Crippen LogP contribution < -0.4 is 10.6 Å². The Morgan fingerprint density at radius 3 is 2.88 bits per heavy atom. The van der Waals surface area contributed by atoms with E-state index in [1.807, 2.05) is 18.2 Å². The second-order valence-electron chi connectivity index (χ2n) is 6.49. The third kappa shape index (κ3) is 5.05. The molecule has 3 rings (SSSR count). The maximum atomic E-state index is 4.73. The molecule has 6 heteroatoms. The molecule has 140 valence electrons. The highest BCUT2D eigenvalue weighted by atomic mass is 32.1. The van der Waals surface area contributed by atoms with Gasteiger partial charge in [0, 0.05) is 30.1 Å². The zero-order valence-corrected chi connectivity index (χ0v) is 16.6. The molecule has 2 N–H and O–H groups in total. The number of rotatable bonds is 7. The Balaban J connectivity index is 1.58. The van der Waals surface area contributed by atoms with E-state index >= 15 is 0 Å². The third-order valence-electron chi connectivity index (χ3n) is 4.75. The maximum absolute atomic E-state index is 4.73. The van der Waals surface area contributed by atoms with Gasteiger partial charge >= 0.3 is 0 Å². The molecule has 0 amide bonds. The Morgan fingerprint density at radius 2 is 2.12 bits per heavy atom. The van der Waals surface area contributed by atoms with Crippen molar-refractivity contribution in [2.24, 2.45) is 4.99 Å². The molecule has 1 fully saturated rings. The number of likely N-dealkylation sites (N-methyl/N-ethyl adjacent to an activating group) is 1. The van der Waals surface area contributed by atoms with Crippen LogP contribution in [-0.4, -0.2) is 48.1 Å². The molecule has 2 aromatic rings. The molecule has 1 aromatic carbocycles. The van der Waals surface area contributed by atoms with Gasteiger partial charge in [0.1, 0.15) is 5.01 Å². The van der Waals surface area contributed by atoms with E-state index in [0.717, 1.165) is 41.9 Å². The quantitative estimate of drug-likeness (QED) is 0.579. The van der Waals surface area contributed by atoms with Gasteiger partial charge in [0.05, 0.1) is 12.2 Å². The molecule has 1 aromatic heterocycles. The fourth-order valence-corrected chi connectivity index (χ4v) is 4.10. The summed E-state index contributed by atoms with van der Waals surface area (Å²) in [4.78, 5) is 12.0. The minimum absolute atomic E-state index is 0.606. The number of guanidine groups is 1. The summed E-state index contributed by atoms with van der Waals surface area (Å²) in [6.07, 6.45) is 2.57. The summed E-state index contributed by atoms with van der Waals surface area (Å²) in [6.45, 7) is 9.11. The van der Waals surface area contributed by atoms with Crippen molar-refractivity contribution in [1.29, 1.82) is 0 Å². The average Bonchev–Trinajstić information content (AvgIpc) is 3.34. The first-order chi connectivity index (χ1) is 12.8. The van der Waals surface area contributed by atoms with E-state index in [4.69, 9.17) is 9.98 Å². The van der Waals surface area contributed by atoms with Crippen molar-refractivity contribution in [2.75, 3.05) is 26.2 Å². The van der Waals surface area contributed by atoms with Crippen LogP contribution >= 0.6 is 11.3 Å².